The van der Waals surface area contributed by atoms with Crippen molar-refractivity contribution < 1.29 is 14.3 Å². The molecule has 0 unspecified atom stereocenters. The Morgan fingerprint density at radius 2 is 1.72 bits per heavy atom. The van der Waals surface area contributed by atoms with Crippen LogP contribution in [0.4, 0.5) is 10.1 Å². The minimum atomic E-state index is -0.715. The summed E-state index contributed by atoms with van der Waals surface area (Å²) in [7, 11) is 0. The smallest absolute Gasteiger partial charge is 0.256 e. The molecule has 1 amide bonds. The molecule has 0 atom stereocenters. The van der Waals surface area contributed by atoms with Crippen molar-refractivity contribution in [3.63, 3.8) is 0 Å². The van der Waals surface area contributed by atoms with E-state index in [0.717, 1.165) is 16.7 Å². The third-order valence-corrected chi connectivity index (χ3v) is 4.23. The van der Waals surface area contributed by atoms with Crippen molar-refractivity contribution in [2.45, 2.75) is 0 Å². The van der Waals surface area contributed by atoms with Crippen LogP contribution in [0.1, 0.15) is 11.1 Å². The molecule has 0 radical (unpaired) electrons. The second-order valence-electron chi connectivity index (χ2n) is 5.82. The summed E-state index contributed by atoms with van der Waals surface area (Å²) >= 11 is 0. The molecule has 2 N–H and O–H groups in total. The highest BCUT2D eigenvalue weighted by Crippen LogP contribution is 2.37. The Bertz CT molecular complexity index is 1010. The van der Waals surface area contributed by atoms with Crippen LogP contribution in [0.3, 0.4) is 0 Å². The summed E-state index contributed by atoms with van der Waals surface area (Å²) in [6.45, 7) is 0. The van der Waals surface area contributed by atoms with Crippen LogP contribution in [0.5, 0.6) is 5.75 Å². The molecule has 1 aliphatic heterocycles. The number of phenolic OH excluding ortho intramolecular Hbond substituents is 1. The fraction of sp³-hybridized carbons (Fsp3) is 0. The number of para-hydroxylation sites is 1. The summed E-state index contributed by atoms with van der Waals surface area (Å²) in [6.07, 6.45) is 1.50. The highest BCUT2D eigenvalue weighted by Gasteiger charge is 2.25. The summed E-state index contributed by atoms with van der Waals surface area (Å²) in [5.74, 6) is -1.45. The van der Waals surface area contributed by atoms with E-state index in [1.54, 1.807) is 6.07 Å². The number of aromatic hydroxyl groups is 1. The molecule has 4 heteroatoms. The van der Waals surface area contributed by atoms with E-state index in [9.17, 15) is 14.3 Å². The lowest BCUT2D eigenvalue weighted by atomic mass is 9.99. The Hall–Kier alpha value is -3.40. The summed E-state index contributed by atoms with van der Waals surface area (Å²) in [5, 5.41) is 12.7. The molecule has 1 heterocycles. The lowest BCUT2D eigenvalue weighted by Crippen LogP contribution is -2.03. The molecule has 1 aliphatic rings. The van der Waals surface area contributed by atoms with Crippen molar-refractivity contribution in [2.24, 2.45) is 0 Å². The number of hydrogen-bond donors (Lipinski definition) is 2. The number of anilines is 1. The van der Waals surface area contributed by atoms with E-state index in [1.165, 1.54) is 18.2 Å². The van der Waals surface area contributed by atoms with Crippen LogP contribution < -0.4 is 5.32 Å². The predicted molar refractivity (Wildman–Crippen MR) is 96.4 cm³/mol. The van der Waals surface area contributed by atoms with Gasteiger partial charge in [0.25, 0.3) is 5.91 Å². The number of benzene rings is 3. The lowest BCUT2D eigenvalue weighted by molar-refractivity contribution is -0.110. The summed E-state index contributed by atoms with van der Waals surface area (Å²) in [5.41, 5.74) is 4.15. The van der Waals surface area contributed by atoms with E-state index >= 15 is 0 Å². The molecule has 0 spiro atoms. The van der Waals surface area contributed by atoms with Gasteiger partial charge in [-0.3, -0.25) is 4.79 Å². The molecular weight excluding hydrogens is 317 g/mol. The van der Waals surface area contributed by atoms with Crippen LogP contribution in [0.2, 0.25) is 0 Å². The highest BCUT2D eigenvalue weighted by atomic mass is 19.1. The zero-order valence-electron chi connectivity index (χ0n) is 13.2. The molecule has 0 aromatic heterocycles. The number of hydrogen-bond acceptors (Lipinski definition) is 2. The summed E-state index contributed by atoms with van der Waals surface area (Å²) < 4.78 is 13.5. The molecule has 25 heavy (non-hydrogen) atoms. The molecule has 0 saturated heterocycles. The van der Waals surface area contributed by atoms with Gasteiger partial charge in [0.1, 0.15) is 0 Å². The summed E-state index contributed by atoms with van der Waals surface area (Å²) in [6, 6.07) is 19.8. The maximum atomic E-state index is 13.5. The Labute approximate surface area is 144 Å². The normalized spacial score (nSPS) is 14.4. The third-order valence-electron chi connectivity index (χ3n) is 4.23. The maximum Gasteiger partial charge on any atom is 0.256 e. The Morgan fingerprint density at radius 3 is 2.52 bits per heavy atom. The van der Waals surface area contributed by atoms with E-state index < -0.39 is 11.6 Å². The predicted octanol–water partition coefficient (Wildman–Crippen LogP) is 4.69. The molecular formula is C21H14FNO2. The van der Waals surface area contributed by atoms with Gasteiger partial charge in [0, 0.05) is 22.4 Å². The average Bonchev–Trinajstić information content (AvgIpc) is 2.94. The van der Waals surface area contributed by atoms with Gasteiger partial charge in [0.15, 0.2) is 11.6 Å². The van der Waals surface area contributed by atoms with Gasteiger partial charge in [-0.2, -0.15) is 0 Å². The molecule has 0 saturated carbocycles. The van der Waals surface area contributed by atoms with Crippen LogP contribution in [0.15, 0.2) is 66.7 Å². The maximum absolute atomic E-state index is 13.5. The average molecular weight is 331 g/mol. The standard InChI is InChI=1S/C21H14FNO2/c22-18-8-4-7-15(20(18)24)11-17-16-10-9-14(12-19(16)23-21(17)25)13-5-2-1-3-6-13/h1-12,24H,(H,23,25). The van der Waals surface area contributed by atoms with E-state index in [2.05, 4.69) is 5.32 Å². The lowest BCUT2D eigenvalue weighted by Gasteiger charge is -2.05. The quantitative estimate of drug-likeness (QED) is 0.669. The largest absolute Gasteiger partial charge is 0.504 e. The van der Waals surface area contributed by atoms with Gasteiger partial charge in [-0.1, -0.05) is 54.6 Å². The molecule has 3 aromatic rings. The first-order chi connectivity index (χ1) is 12.1. The summed E-state index contributed by atoms with van der Waals surface area (Å²) in [4.78, 5) is 12.3. The fourth-order valence-corrected chi connectivity index (χ4v) is 2.95. The first-order valence-electron chi connectivity index (χ1n) is 7.84. The molecule has 0 fully saturated rings. The highest BCUT2D eigenvalue weighted by molar-refractivity contribution is 6.35. The number of fused-ring (bicyclic) bond motifs is 1. The molecule has 0 aliphatic carbocycles. The number of phenols is 1. The van der Waals surface area contributed by atoms with Crippen molar-refractivity contribution in [1.29, 1.82) is 0 Å². The van der Waals surface area contributed by atoms with Crippen molar-refractivity contribution >= 4 is 23.2 Å². The van der Waals surface area contributed by atoms with Crippen LogP contribution >= 0.6 is 0 Å². The van der Waals surface area contributed by atoms with Crippen molar-refractivity contribution in [1.82, 2.24) is 0 Å². The molecule has 4 rings (SSSR count). The van der Waals surface area contributed by atoms with Gasteiger partial charge in [0.2, 0.25) is 0 Å². The number of rotatable bonds is 2. The minimum absolute atomic E-state index is 0.269. The first-order valence-corrected chi connectivity index (χ1v) is 7.84. The minimum Gasteiger partial charge on any atom is -0.504 e. The van der Waals surface area contributed by atoms with Crippen LogP contribution in [-0.2, 0) is 4.79 Å². The number of halogens is 1. The van der Waals surface area contributed by atoms with Gasteiger partial charge in [-0.15, -0.1) is 0 Å². The number of nitrogens with one attached hydrogen (secondary N) is 1. The fourth-order valence-electron chi connectivity index (χ4n) is 2.95. The van der Waals surface area contributed by atoms with Crippen LogP contribution in [0.25, 0.3) is 22.8 Å². The molecule has 122 valence electrons. The third kappa shape index (κ3) is 2.68. The van der Waals surface area contributed by atoms with Crippen molar-refractivity contribution in [2.75, 3.05) is 5.32 Å². The van der Waals surface area contributed by atoms with Gasteiger partial charge in [0.05, 0.1) is 0 Å². The first kappa shape index (κ1) is 15.1. The number of carbonyl (C=O) groups excluding carboxylic acids is 1. The number of amides is 1. The number of carbonyl (C=O) groups is 1. The van der Waals surface area contributed by atoms with Gasteiger partial charge in [-0.05, 0) is 29.3 Å². The Kier molecular flexibility index (Phi) is 3.58. The van der Waals surface area contributed by atoms with Crippen LogP contribution in [0, 0.1) is 5.82 Å². The zero-order chi connectivity index (χ0) is 17.4. The molecule has 3 aromatic carbocycles. The second-order valence-corrected chi connectivity index (χ2v) is 5.82. The Morgan fingerprint density at radius 1 is 0.920 bits per heavy atom. The van der Waals surface area contributed by atoms with E-state index in [4.69, 9.17) is 0 Å². The SMILES string of the molecule is O=C1Nc2cc(-c3ccccc3)ccc2C1=Cc1cccc(F)c1O. The van der Waals surface area contributed by atoms with E-state index in [-0.39, 0.29) is 11.5 Å². The second kappa shape index (κ2) is 5.91. The van der Waals surface area contributed by atoms with Crippen molar-refractivity contribution in [3.05, 3.63) is 83.7 Å². The monoisotopic (exact) mass is 331 g/mol. The van der Waals surface area contributed by atoms with E-state index in [1.807, 2.05) is 48.5 Å². The topological polar surface area (TPSA) is 49.3 Å². The van der Waals surface area contributed by atoms with Crippen molar-refractivity contribution in [3.8, 4) is 16.9 Å². The van der Waals surface area contributed by atoms with Gasteiger partial charge < -0.3 is 10.4 Å². The zero-order valence-corrected chi connectivity index (χ0v) is 13.2. The van der Waals surface area contributed by atoms with Crippen LogP contribution in [-0.4, -0.2) is 11.0 Å². The van der Waals surface area contributed by atoms with E-state index in [0.29, 0.717) is 11.3 Å². The molecule has 0 bridgehead atoms. The molecule has 3 nitrogen and oxygen atoms in total. The van der Waals surface area contributed by atoms with Gasteiger partial charge in [-0.25, -0.2) is 4.39 Å². The Balaban J connectivity index is 1.78. The van der Waals surface area contributed by atoms with Gasteiger partial charge >= 0.3 is 0 Å².